The molecule has 0 saturated heterocycles. The van der Waals surface area contributed by atoms with Gasteiger partial charge in [0.05, 0.1) is 5.69 Å². The smallest absolute Gasteiger partial charge is 0.184 e. The van der Waals surface area contributed by atoms with Crippen LogP contribution in [0.3, 0.4) is 0 Å². The lowest BCUT2D eigenvalue weighted by atomic mass is 10.2. The maximum atomic E-state index is 5.86. The average molecular weight is 176 g/mol. The molecule has 4 heteroatoms. The summed E-state index contributed by atoms with van der Waals surface area (Å²) in [4.78, 5) is 0. The van der Waals surface area contributed by atoms with Crippen molar-refractivity contribution in [3.8, 4) is 0 Å². The van der Waals surface area contributed by atoms with Crippen molar-refractivity contribution in [2.24, 2.45) is 0 Å². The number of nitrogens with two attached hydrogens (primary N) is 1. The minimum absolute atomic E-state index is 0.717. The van der Waals surface area contributed by atoms with Crippen LogP contribution in [0.2, 0.25) is 0 Å². The summed E-state index contributed by atoms with van der Waals surface area (Å²) in [6.45, 7) is 4.02. The van der Waals surface area contributed by atoms with Crippen molar-refractivity contribution in [1.29, 1.82) is 0 Å². The number of pyridine rings is 1. The van der Waals surface area contributed by atoms with Gasteiger partial charge in [-0.05, 0) is 18.6 Å². The number of hydrogen-bond acceptors (Lipinski definition) is 3. The zero-order valence-corrected chi connectivity index (χ0v) is 7.78. The van der Waals surface area contributed by atoms with Crippen molar-refractivity contribution in [3.63, 3.8) is 0 Å². The highest BCUT2D eigenvalue weighted by Crippen LogP contribution is 2.16. The highest BCUT2D eigenvalue weighted by Gasteiger charge is 2.06. The van der Waals surface area contributed by atoms with Gasteiger partial charge in [0.15, 0.2) is 5.65 Å². The molecule has 0 unspecified atom stereocenters. The van der Waals surface area contributed by atoms with Gasteiger partial charge < -0.3 is 5.73 Å². The molecule has 0 spiro atoms. The van der Waals surface area contributed by atoms with Gasteiger partial charge >= 0.3 is 0 Å². The van der Waals surface area contributed by atoms with Crippen molar-refractivity contribution < 1.29 is 0 Å². The molecule has 0 fully saturated rings. The Balaban J connectivity index is 2.81. The quantitative estimate of drug-likeness (QED) is 0.709. The van der Waals surface area contributed by atoms with Crippen LogP contribution in [0.15, 0.2) is 12.3 Å². The fourth-order valence-corrected chi connectivity index (χ4v) is 1.36. The Hall–Kier alpha value is -1.58. The molecular weight excluding hydrogens is 164 g/mol. The Morgan fingerprint density at radius 3 is 2.92 bits per heavy atom. The Morgan fingerprint density at radius 1 is 1.46 bits per heavy atom. The zero-order chi connectivity index (χ0) is 9.42. The van der Waals surface area contributed by atoms with Gasteiger partial charge in [-0.15, -0.1) is 10.2 Å². The largest absolute Gasteiger partial charge is 0.395 e. The standard InChI is InChI=1S/C9H12N4/c1-3-7-11-12-9-8(10)6(2)4-5-13(7)9/h4-5H,3,10H2,1-2H3. The lowest BCUT2D eigenvalue weighted by Gasteiger charge is -2.01. The lowest BCUT2D eigenvalue weighted by molar-refractivity contribution is 0.909. The van der Waals surface area contributed by atoms with Crippen LogP contribution in [0.4, 0.5) is 5.69 Å². The SMILES string of the molecule is CCc1nnc2c(N)c(C)ccn12. The average Bonchev–Trinajstić information content (AvgIpc) is 2.55. The van der Waals surface area contributed by atoms with Crippen molar-refractivity contribution in [2.75, 3.05) is 5.73 Å². The molecule has 68 valence electrons. The molecule has 0 radical (unpaired) electrons. The van der Waals surface area contributed by atoms with E-state index < -0.39 is 0 Å². The highest BCUT2D eigenvalue weighted by molar-refractivity contribution is 5.67. The molecule has 0 aliphatic rings. The summed E-state index contributed by atoms with van der Waals surface area (Å²) < 4.78 is 1.93. The summed E-state index contributed by atoms with van der Waals surface area (Å²) in [7, 11) is 0. The van der Waals surface area contributed by atoms with E-state index >= 15 is 0 Å². The molecule has 2 rings (SSSR count). The molecule has 4 nitrogen and oxygen atoms in total. The number of hydrogen-bond donors (Lipinski definition) is 1. The van der Waals surface area contributed by atoms with Gasteiger partial charge in [0.1, 0.15) is 5.82 Å². The minimum Gasteiger partial charge on any atom is -0.395 e. The lowest BCUT2D eigenvalue weighted by Crippen LogP contribution is -1.97. The number of anilines is 1. The molecule has 0 aromatic carbocycles. The van der Waals surface area contributed by atoms with E-state index in [4.69, 9.17) is 5.73 Å². The first-order valence-electron chi connectivity index (χ1n) is 4.32. The fourth-order valence-electron chi connectivity index (χ4n) is 1.36. The van der Waals surface area contributed by atoms with Crippen LogP contribution in [-0.2, 0) is 6.42 Å². The third-order valence-electron chi connectivity index (χ3n) is 2.22. The molecule has 2 aromatic rings. The summed E-state index contributed by atoms with van der Waals surface area (Å²) in [5.74, 6) is 0.946. The van der Waals surface area contributed by atoms with Gasteiger partial charge in [-0.3, -0.25) is 4.40 Å². The van der Waals surface area contributed by atoms with Crippen LogP contribution >= 0.6 is 0 Å². The van der Waals surface area contributed by atoms with Gasteiger partial charge in [-0.2, -0.15) is 0 Å². The van der Waals surface area contributed by atoms with Crippen LogP contribution in [0.5, 0.6) is 0 Å². The first kappa shape index (κ1) is 8.04. The number of aromatic nitrogens is 3. The van der Waals surface area contributed by atoms with Crippen LogP contribution in [0.1, 0.15) is 18.3 Å². The maximum absolute atomic E-state index is 5.86. The molecule has 0 amide bonds. The van der Waals surface area contributed by atoms with Crippen molar-refractivity contribution in [1.82, 2.24) is 14.6 Å². The first-order chi connectivity index (χ1) is 6.24. The first-order valence-corrected chi connectivity index (χ1v) is 4.32. The normalized spacial score (nSPS) is 10.9. The van der Waals surface area contributed by atoms with Gasteiger partial charge in [-0.1, -0.05) is 6.92 Å². The summed E-state index contributed by atoms with van der Waals surface area (Å²) in [5.41, 5.74) is 8.39. The van der Waals surface area contributed by atoms with Crippen molar-refractivity contribution in [2.45, 2.75) is 20.3 Å². The second-order valence-electron chi connectivity index (χ2n) is 3.08. The van der Waals surface area contributed by atoms with E-state index in [1.807, 2.05) is 30.5 Å². The molecule has 2 N–H and O–H groups in total. The predicted octanol–water partition coefficient (Wildman–Crippen LogP) is 1.18. The predicted molar refractivity (Wildman–Crippen MR) is 51.5 cm³/mol. The number of nitrogen functional groups attached to an aromatic ring is 1. The van der Waals surface area contributed by atoms with Crippen LogP contribution in [0, 0.1) is 6.92 Å². The van der Waals surface area contributed by atoms with Gasteiger partial charge in [0.2, 0.25) is 0 Å². The molecule has 0 atom stereocenters. The molecule has 2 aromatic heterocycles. The Labute approximate surface area is 76.4 Å². The summed E-state index contributed by atoms with van der Waals surface area (Å²) in [5, 5.41) is 8.09. The van der Waals surface area contributed by atoms with Crippen LogP contribution < -0.4 is 5.73 Å². The number of rotatable bonds is 1. The van der Waals surface area contributed by atoms with E-state index in [1.54, 1.807) is 0 Å². The Morgan fingerprint density at radius 2 is 2.23 bits per heavy atom. The monoisotopic (exact) mass is 176 g/mol. The van der Waals surface area contributed by atoms with E-state index in [2.05, 4.69) is 10.2 Å². The molecule has 0 aliphatic carbocycles. The van der Waals surface area contributed by atoms with Crippen molar-refractivity contribution >= 4 is 11.3 Å². The highest BCUT2D eigenvalue weighted by atomic mass is 15.2. The molecule has 0 aliphatic heterocycles. The Kier molecular flexibility index (Phi) is 1.69. The van der Waals surface area contributed by atoms with E-state index in [1.165, 1.54) is 0 Å². The summed E-state index contributed by atoms with van der Waals surface area (Å²) in [6.07, 6.45) is 2.82. The van der Waals surface area contributed by atoms with E-state index in [0.29, 0.717) is 0 Å². The molecule has 13 heavy (non-hydrogen) atoms. The van der Waals surface area contributed by atoms with E-state index in [9.17, 15) is 0 Å². The van der Waals surface area contributed by atoms with E-state index in [0.717, 1.165) is 29.1 Å². The minimum atomic E-state index is 0.717. The van der Waals surface area contributed by atoms with E-state index in [-0.39, 0.29) is 0 Å². The van der Waals surface area contributed by atoms with Gasteiger partial charge in [0.25, 0.3) is 0 Å². The third-order valence-corrected chi connectivity index (χ3v) is 2.22. The number of fused-ring (bicyclic) bond motifs is 1. The van der Waals surface area contributed by atoms with Crippen LogP contribution in [0.25, 0.3) is 5.65 Å². The Bertz CT molecular complexity index is 444. The maximum Gasteiger partial charge on any atom is 0.184 e. The topological polar surface area (TPSA) is 56.2 Å². The molecule has 0 bridgehead atoms. The third kappa shape index (κ3) is 1.06. The van der Waals surface area contributed by atoms with Gasteiger partial charge in [0, 0.05) is 12.6 Å². The van der Waals surface area contributed by atoms with Crippen LogP contribution in [-0.4, -0.2) is 14.6 Å². The number of aryl methyl sites for hydroxylation is 2. The molecular formula is C9H12N4. The summed E-state index contributed by atoms with van der Waals surface area (Å²) >= 11 is 0. The van der Waals surface area contributed by atoms with Crippen molar-refractivity contribution in [3.05, 3.63) is 23.7 Å². The molecule has 2 heterocycles. The zero-order valence-electron chi connectivity index (χ0n) is 7.78. The van der Waals surface area contributed by atoms with Gasteiger partial charge in [-0.25, -0.2) is 0 Å². The second-order valence-corrected chi connectivity index (χ2v) is 3.08. The number of nitrogens with zero attached hydrogens (tertiary/aromatic N) is 3. The second kappa shape index (κ2) is 2.73. The fraction of sp³-hybridized carbons (Fsp3) is 0.333. The molecule has 0 saturated carbocycles. The summed E-state index contributed by atoms with van der Waals surface area (Å²) in [6, 6.07) is 1.98.